The van der Waals surface area contributed by atoms with E-state index in [0.29, 0.717) is 11.7 Å². The normalized spacial score (nSPS) is 13.7. The summed E-state index contributed by atoms with van der Waals surface area (Å²) in [5.41, 5.74) is 0. The summed E-state index contributed by atoms with van der Waals surface area (Å²) in [6.07, 6.45) is 0.730. The molecule has 0 N–H and O–H groups in total. The SMILES string of the molecule is [CH2]CC(C)[S+]=O. The minimum atomic E-state index is 0.185. The summed E-state index contributed by atoms with van der Waals surface area (Å²) in [4.78, 5) is 0. The summed E-state index contributed by atoms with van der Waals surface area (Å²) in [5.74, 6) is 0. The van der Waals surface area contributed by atoms with Gasteiger partial charge in [0.25, 0.3) is 0 Å². The molecular formula is C4H8OS+. The maximum atomic E-state index is 9.74. The van der Waals surface area contributed by atoms with Gasteiger partial charge in [-0.3, -0.25) is 0 Å². The minimum Gasteiger partial charge on any atom is -0.0476 e. The van der Waals surface area contributed by atoms with Crippen molar-refractivity contribution in [2.24, 2.45) is 0 Å². The third-order valence-corrected chi connectivity index (χ3v) is 1.14. The van der Waals surface area contributed by atoms with E-state index in [1.54, 1.807) is 0 Å². The molecule has 35 valence electrons. The van der Waals surface area contributed by atoms with Crippen molar-refractivity contribution in [2.45, 2.75) is 18.6 Å². The van der Waals surface area contributed by atoms with Gasteiger partial charge in [-0.1, -0.05) is 0 Å². The topological polar surface area (TPSA) is 17.1 Å². The van der Waals surface area contributed by atoms with Crippen LogP contribution in [0.3, 0.4) is 0 Å². The highest BCUT2D eigenvalue weighted by atomic mass is 32.1. The number of hydrogen-bond acceptors (Lipinski definition) is 1. The Kier molecular flexibility index (Phi) is 3.23. The highest BCUT2D eigenvalue weighted by Gasteiger charge is 2.08. The van der Waals surface area contributed by atoms with Crippen LogP contribution in [-0.2, 0) is 15.9 Å². The minimum absolute atomic E-state index is 0.185. The molecule has 1 unspecified atom stereocenters. The summed E-state index contributed by atoms with van der Waals surface area (Å²) < 4.78 is 9.74. The van der Waals surface area contributed by atoms with Gasteiger partial charge in [0.1, 0.15) is 0 Å². The Morgan fingerprint density at radius 2 is 2.50 bits per heavy atom. The van der Waals surface area contributed by atoms with Crippen LogP contribution in [0.2, 0.25) is 0 Å². The van der Waals surface area contributed by atoms with Gasteiger partial charge in [-0.15, -0.1) is 0 Å². The van der Waals surface area contributed by atoms with Crippen molar-refractivity contribution >= 4 is 11.7 Å². The van der Waals surface area contributed by atoms with Crippen LogP contribution in [0.15, 0.2) is 0 Å². The largest absolute Gasteiger partial charge is 0.461 e. The molecule has 0 saturated heterocycles. The lowest BCUT2D eigenvalue weighted by Gasteiger charge is -1.73. The number of hydrogen-bond donors (Lipinski definition) is 0. The van der Waals surface area contributed by atoms with Crippen molar-refractivity contribution in [3.63, 3.8) is 0 Å². The highest BCUT2D eigenvalue weighted by Crippen LogP contribution is 1.86. The smallest absolute Gasteiger partial charge is 0.0476 e. The Bertz CT molecular complexity index is 44.8. The van der Waals surface area contributed by atoms with Gasteiger partial charge in [-0.05, 0) is 13.8 Å². The Balaban J connectivity index is 2.96. The Morgan fingerprint density at radius 3 is 2.50 bits per heavy atom. The van der Waals surface area contributed by atoms with Crippen LogP contribution < -0.4 is 0 Å². The standard InChI is InChI=1S/C4H8OS/c1-3-4(2)6-5/h4H,1,3H2,2H3/q+1. The lowest BCUT2D eigenvalue weighted by Crippen LogP contribution is -1.93. The number of rotatable bonds is 2. The first-order valence-corrected chi connectivity index (χ1v) is 2.69. The van der Waals surface area contributed by atoms with Gasteiger partial charge >= 0.3 is 11.7 Å². The lowest BCUT2D eigenvalue weighted by molar-refractivity contribution is 0.599. The molecule has 0 aromatic heterocycles. The van der Waals surface area contributed by atoms with E-state index < -0.39 is 0 Å². The summed E-state index contributed by atoms with van der Waals surface area (Å²) in [6.45, 7) is 5.40. The molecule has 0 heterocycles. The Labute approximate surface area is 42.2 Å². The molecule has 0 aliphatic carbocycles. The van der Waals surface area contributed by atoms with Crippen LogP contribution in [0, 0.1) is 6.92 Å². The summed E-state index contributed by atoms with van der Waals surface area (Å²) in [6, 6.07) is 0. The van der Waals surface area contributed by atoms with Crippen molar-refractivity contribution in [1.82, 2.24) is 0 Å². The molecule has 0 fully saturated rings. The zero-order valence-electron chi connectivity index (χ0n) is 3.81. The highest BCUT2D eigenvalue weighted by molar-refractivity contribution is 7.66. The average Bonchev–Trinajstić information content (AvgIpc) is 1.65. The van der Waals surface area contributed by atoms with E-state index in [9.17, 15) is 4.21 Å². The van der Waals surface area contributed by atoms with Crippen LogP contribution in [0.1, 0.15) is 13.3 Å². The van der Waals surface area contributed by atoms with Crippen LogP contribution >= 0.6 is 0 Å². The molecule has 1 atom stereocenters. The summed E-state index contributed by atoms with van der Waals surface area (Å²) in [5, 5.41) is 0.185. The zero-order chi connectivity index (χ0) is 4.99. The molecule has 2 heteroatoms. The molecule has 0 aliphatic rings. The molecule has 0 amide bonds. The molecule has 0 aliphatic heterocycles. The van der Waals surface area contributed by atoms with Gasteiger partial charge < -0.3 is 0 Å². The van der Waals surface area contributed by atoms with Crippen molar-refractivity contribution in [3.8, 4) is 0 Å². The Hall–Kier alpha value is 0.0200. The average molecular weight is 104 g/mol. The first kappa shape index (κ1) is 6.02. The third kappa shape index (κ3) is 2.27. The predicted octanol–water partition coefficient (Wildman–Crippen LogP) is 1.03. The molecule has 0 rings (SSSR count). The van der Waals surface area contributed by atoms with E-state index in [0.717, 1.165) is 6.42 Å². The first-order chi connectivity index (χ1) is 2.81. The van der Waals surface area contributed by atoms with E-state index in [2.05, 4.69) is 6.92 Å². The zero-order valence-corrected chi connectivity index (χ0v) is 4.62. The van der Waals surface area contributed by atoms with Gasteiger partial charge in [-0.2, -0.15) is 0 Å². The van der Waals surface area contributed by atoms with Crippen LogP contribution in [-0.4, -0.2) is 5.25 Å². The van der Waals surface area contributed by atoms with Gasteiger partial charge in [0.2, 0.25) is 5.25 Å². The van der Waals surface area contributed by atoms with Gasteiger partial charge in [0.05, 0.1) is 0 Å². The van der Waals surface area contributed by atoms with Crippen LogP contribution in [0.25, 0.3) is 0 Å². The van der Waals surface area contributed by atoms with Crippen molar-refractivity contribution in [1.29, 1.82) is 0 Å². The third-order valence-electron chi connectivity index (χ3n) is 0.571. The van der Waals surface area contributed by atoms with E-state index >= 15 is 0 Å². The fraction of sp³-hybridized carbons (Fsp3) is 0.750. The molecule has 1 radical (unpaired) electrons. The van der Waals surface area contributed by atoms with Crippen molar-refractivity contribution in [2.75, 3.05) is 0 Å². The molecule has 0 saturated carbocycles. The van der Waals surface area contributed by atoms with Gasteiger partial charge in [0, 0.05) is 10.6 Å². The monoisotopic (exact) mass is 104 g/mol. The molecule has 1 nitrogen and oxygen atoms in total. The van der Waals surface area contributed by atoms with Crippen molar-refractivity contribution < 1.29 is 4.21 Å². The lowest BCUT2D eigenvalue weighted by atomic mass is 10.4. The second-order valence-corrected chi connectivity index (χ2v) is 2.19. The Morgan fingerprint density at radius 1 is 2.00 bits per heavy atom. The maximum absolute atomic E-state index is 9.74. The van der Waals surface area contributed by atoms with E-state index in [1.807, 2.05) is 6.92 Å². The molecule has 0 spiro atoms. The van der Waals surface area contributed by atoms with Gasteiger partial charge in [0.15, 0.2) is 0 Å². The van der Waals surface area contributed by atoms with Gasteiger partial charge in [-0.25, -0.2) is 0 Å². The fourth-order valence-electron chi connectivity index (χ4n) is 0.0481. The van der Waals surface area contributed by atoms with Crippen LogP contribution in [0.4, 0.5) is 0 Å². The van der Waals surface area contributed by atoms with Crippen LogP contribution in [0.5, 0.6) is 0 Å². The summed E-state index contributed by atoms with van der Waals surface area (Å²) >= 11 is 0.612. The first-order valence-electron chi connectivity index (χ1n) is 1.89. The molecular weight excluding hydrogens is 96.1 g/mol. The fourth-order valence-corrected chi connectivity index (χ4v) is 0.144. The molecule has 6 heavy (non-hydrogen) atoms. The summed E-state index contributed by atoms with van der Waals surface area (Å²) in [7, 11) is 0. The maximum Gasteiger partial charge on any atom is 0.461 e. The molecule has 0 aromatic carbocycles. The van der Waals surface area contributed by atoms with E-state index in [-0.39, 0.29) is 5.25 Å². The quantitative estimate of drug-likeness (QED) is 0.478. The molecule has 0 aromatic rings. The predicted molar refractivity (Wildman–Crippen MR) is 27.5 cm³/mol. The van der Waals surface area contributed by atoms with E-state index in [1.165, 1.54) is 0 Å². The second-order valence-electron chi connectivity index (χ2n) is 1.20. The van der Waals surface area contributed by atoms with Crippen molar-refractivity contribution in [3.05, 3.63) is 6.92 Å². The second kappa shape index (κ2) is 3.22. The van der Waals surface area contributed by atoms with E-state index in [4.69, 9.17) is 0 Å². The molecule has 0 bridgehead atoms.